The number of aromatic amines is 1. The summed E-state index contributed by atoms with van der Waals surface area (Å²) < 4.78 is 5.32. The molecule has 0 aliphatic carbocycles. The number of likely N-dealkylation sites (tertiary alicyclic amines) is 1. The summed E-state index contributed by atoms with van der Waals surface area (Å²) in [5.41, 5.74) is 6.23. The largest absolute Gasteiger partial charge is 0.381 e. The molecule has 3 rings (SSSR count). The van der Waals surface area contributed by atoms with Crippen LogP contribution in [0.1, 0.15) is 47.9 Å². The van der Waals surface area contributed by atoms with E-state index < -0.39 is 5.91 Å². The van der Waals surface area contributed by atoms with Gasteiger partial charge >= 0.3 is 0 Å². The molecule has 2 atom stereocenters. The molecule has 7 nitrogen and oxygen atoms in total. The summed E-state index contributed by atoms with van der Waals surface area (Å²) in [7, 11) is 0. The molecule has 0 aromatic carbocycles. The monoisotopic (exact) mass is 292 g/mol. The molecule has 3 heterocycles. The molecule has 2 fully saturated rings. The van der Waals surface area contributed by atoms with Gasteiger partial charge in [-0.05, 0) is 31.7 Å². The summed E-state index contributed by atoms with van der Waals surface area (Å²) in [6.45, 7) is 1.91. The van der Waals surface area contributed by atoms with Gasteiger partial charge in [0.2, 0.25) is 5.91 Å². The standard InChI is InChI=1S/C14H20N4O3/c15-13(19)11-7-10(16-17-11)12-3-1-2-5-18(12)14(20)9-4-6-21-8-9/h7,9,12H,1-6,8H2,(H2,15,19)(H,16,17)/t9-,12+/m1/s1. The predicted octanol–water partition coefficient (Wildman–Crippen LogP) is 0.599. The maximum absolute atomic E-state index is 12.6. The van der Waals surface area contributed by atoms with Gasteiger partial charge in [0, 0.05) is 13.2 Å². The number of hydrogen-bond acceptors (Lipinski definition) is 4. The summed E-state index contributed by atoms with van der Waals surface area (Å²) in [5.74, 6) is -0.452. The van der Waals surface area contributed by atoms with Crippen molar-refractivity contribution in [3.63, 3.8) is 0 Å². The Labute approximate surface area is 122 Å². The van der Waals surface area contributed by atoms with Gasteiger partial charge in [0.1, 0.15) is 5.69 Å². The fourth-order valence-electron chi connectivity index (χ4n) is 3.12. The second kappa shape index (κ2) is 5.85. The van der Waals surface area contributed by atoms with Crippen LogP contribution in [0.25, 0.3) is 0 Å². The minimum absolute atomic E-state index is 0.0378. The van der Waals surface area contributed by atoms with Crippen LogP contribution < -0.4 is 5.73 Å². The third kappa shape index (κ3) is 2.78. The number of amides is 2. The Kier molecular flexibility index (Phi) is 3.92. The van der Waals surface area contributed by atoms with Crippen molar-refractivity contribution in [3.8, 4) is 0 Å². The lowest BCUT2D eigenvalue weighted by molar-refractivity contribution is -0.139. The Balaban J connectivity index is 1.79. The molecule has 1 aromatic rings. The van der Waals surface area contributed by atoms with E-state index in [0.29, 0.717) is 13.2 Å². The molecule has 0 spiro atoms. The first kappa shape index (κ1) is 14.1. The second-order valence-corrected chi connectivity index (χ2v) is 5.68. The van der Waals surface area contributed by atoms with Crippen molar-refractivity contribution >= 4 is 11.8 Å². The first-order valence-corrected chi connectivity index (χ1v) is 7.40. The molecule has 2 aliphatic heterocycles. The van der Waals surface area contributed by atoms with Crippen LogP contribution in [0.2, 0.25) is 0 Å². The number of nitrogens with zero attached hydrogens (tertiary/aromatic N) is 2. The molecule has 1 aromatic heterocycles. The highest BCUT2D eigenvalue weighted by Crippen LogP contribution is 2.32. The zero-order chi connectivity index (χ0) is 14.8. The molecule has 0 saturated carbocycles. The van der Waals surface area contributed by atoms with E-state index in [4.69, 9.17) is 10.5 Å². The number of aromatic nitrogens is 2. The van der Waals surface area contributed by atoms with E-state index in [1.165, 1.54) is 0 Å². The van der Waals surface area contributed by atoms with E-state index in [1.807, 2.05) is 4.90 Å². The molecule has 2 aliphatic rings. The average molecular weight is 292 g/mol. The number of carbonyl (C=O) groups is 2. The van der Waals surface area contributed by atoms with Gasteiger partial charge in [-0.15, -0.1) is 0 Å². The van der Waals surface area contributed by atoms with Crippen molar-refractivity contribution in [2.75, 3.05) is 19.8 Å². The first-order valence-electron chi connectivity index (χ1n) is 7.40. The lowest BCUT2D eigenvalue weighted by atomic mass is 9.96. The van der Waals surface area contributed by atoms with E-state index in [9.17, 15) is 9.59 Å². The first-order chi connectivity index (χ1) is 10.2. The molecule has 7 heteroatoms. The third-order valence-corrected chi connectivity index (χ3v) is 4.27. The average Bonchev–Trinajstić information content (AvgIpc) is 3.18. The van der Waals surface area contributed by atoms with Crippen LogP contribution in [0.5, 0.6) is 0 Å². The topological polar surface area (TPSA) is 101 Å². The fourth-order valence-corrected chi connectivity index (χ4v) is 3.12. The Morgan fingerprint density at radius 1 is 1.38 bits per heavy atom. The van der Waals surface area contributed by atoms with Crippen molar-refractivity contribution in [2.45, 2.75) is 31.7 Å². The number of primary amides is 1. The van der Waals surface area contributed by atoms with Crippen molar-refractivity contribution < 1.29 is 14.3 Å². The predicted molar refractivity (Wildman–Crippen MR) is 74.3 cm³/mol. The molecule has 21 heavy (non-hydrogen) atoms. The number of carbonyl (C=O) groups excluding carboxylic acids is 2. The number of nitrogens with one attached hydrogen (secondary N) is 1. The number of ether oxygens (including phenoxy) is 1. The van der Waals surface area contributed by atoms with Crippen LogP contribution in [0.4, 0.5) is 0 Å². The van der Waals surface area contributed by atoms with E-state index >= 15 is 0 Å². The zero-order valence-corrected chi connectivity index (χ0v) is 11.9. The molecule has 2 saturated heterocycles. The van der Waals surface area contributed by atoms with Crippen LogP contribution in [-0.4, -0.2) is 46.7 Å². The summed E-state index contributed by atoms with van der Waals surface area (Å²) in [4.78, 5) is 25.7. The number of H-pyrrole nitrogens is 1. The second-order valence-electron chi connectivity index (χ2n) is 5.68. The maximum Gasteiger partial charge on any atom is 0.269 e. The highest BCUT2D eigenvalue weighted by Gasteiger charge is 2.35. The molecular weight excluding hydrogens is 272 g/mol. The Morgan fingerprint density at radius 2 is 2.24 bits per heavy atom. The molecule has 3 N–H and O–H groups in total. The lowest BCUT2D eigenvalue weighted by Crippen LogP contribution is -2.42. The summed E-state index contributed by atoms with van der Waals surface area (Å²) >= 11 is 0. The molecule has 114 valence electrons. The molecule has 2 amide bonds. The SMILES string of the molecule is NC(=O)c1cc([C@@H]2CCCCN2C(=O)[C@@H]2CCOC2)[nH]n1. The van der Waals surface area contributed by atoms with Gasteiger partial charge in [-0.3, -0.25) is 14.7 Å². The van der Waals surface area contributed by atoms with Crippen LogP contribution in [0.3, 0.4) is 0 Å². The van der Waals surface area contributed by atoms with Crippen molar-refractivity contribution in [3.05, 3.63) is 17.5 Å². The minimum Gasteiger partial charge on any atom is -0.381 e. The van der Waals surface area contributed by atoms with Gasteiger partial charge in [-0.2, -0.15) is 5.10 Å². The molecular formula is C14H20N4O3. The van der Waals surface area contributed by atoms with Crippen LogP contribution in [-0.2, 0) is 9.53 Å². The van der Waals surface area contributed by atoms with Crippen molar-refractivity contribution in [2.24, 2.45) is 11.7 Å². The number of piperidine rings is 1. The van der Waals surface area contributed by atoms with Gasteiger partial charge in [0.25, 0.3) is 5.91 Å². The maximum atomic E-state index is 12.6. The summed E-state index contributed by atoms with van der Waals surface area (Å²) in [5, 5.41) is 6.78. The van der Waals surface area contributed by atoms with E-state index in [2.05, 4.69) is 10.2 Å². The summed E-state index contributed by atoms with van der Waals surface area (Å²) in [6.07, 6.45) is 3.73. The van der Waals surface area contributed by atoms with Gasteiger partial charge in [0.15, 0.2) is 0 Å². The highest BCUT2D eigenvalue weighted by molar-refractivity contribution is 5.90. The molecule has 0 bridgehead atoms. The highest BCUT2D eigenvalue weighted by atomic mass is 16.5. The van der Waals surface area contributed by atoms with E-state index in [-0.39, 0.29) is 23.6 Å². The van der Waals surface area contributed by atoms with Gasteiger partial charge in [-0.1, -0.05) is 0 Å². The Hall–Kier alpha value is -1.89. The Morgan fingerprint density at radius 3 is 2.90 bits per heavy atom. The fraction of sp³-hybridized carbons (Fsp3) is 0.643. The van der Waals surface area contributed by atoms with Crippen LogP contribution >= 0.6 is 0 Å². The molecule has 0 unspecified atom stereocenters. The van der Waals surface area contributed by atoms with Gasteiger partial charge in [-0.25, -0.2) is 0 Å². The number of hydrogen-bond donors (Lipinski definition) is 2. The number of nitrogens with two attached hydrogens (primary N) is 1. The smallest absolute Gasteiger partial charge is 0.269 e. The normalized spacial score (nSPS) is 26.0. The van der Waals surface area contributed by atoms with Crippen LogP contribution in [0.15, 0.2) is 6.07 Å². The van der Waals surface area contributed by atoms with Gasteiger partial charge < -0.3 is 15.4 Å². The minimum atomic E-state index is -0.560. The molecule has 0 radical (unpaired) electrons. The number of rotatable bonds is 3. The quantitative estimate of drug-likeness (QED) is 0.851. The van der Waals surface area contributed by atoms with Crippen molar-refractivity contribution in [1.82, 2.24) is 15.1 Å². The van der Waals surface area contributed by atoms with Gasteiger partial charge in [0.05, 0.1) is 24.3 Å². The third-order valence-electron chi connectivity index (χ3n) is 4.27. The zero-order valence-electron chi connectivity index (χ0n) is 11.9. The van der Waals surface area contributed by atoms with Crippen LogP contribution in [0, 0.1) is 5.92 Å². The Bertz CT molecular complexity index is 536. The van der Waals surface area contributed by atoms with E-state index in [1.54, 1.807) is 6.07 Å². The van der Waals surface area contributed by atoms with E-state index in [0.717, 1.165) is 37.9 Å². The van der Waals surface area contributed by atoms with Crippen molar-refractivity contribution in [1.29, 1.82) is 0 Å². The summed E-state index contributed by atoms with van der Waals surface area (Å²) in [6, 6.07) is 1.61. The lowest BCUT2D eigenvalue weighted by Gasteiger charge is -2.36.